The first kappa shape index (κ1) is 41.1. The number of benzene rings is 4. The standard InChI is InChI=1S/C43H48FN5O7/c1-26-20-33(50)21-27(2)34(26)24-35(45)42(54)49-25-31-13-7-6-12-30(31)23-38(49)41(53)48-37(22-28-10-4-3-5-11-28)40(52)47-36(43(55)56)14-8-9-19-46-39(51)29-15-17-32(44)18-16-29/h3-7,10-13,15-18,20-21,35-38,50H,8-9,14,19,22-25,45H2,1-2H3,(H,46,51)(H,47,52)(H,48,53)(H,55,56)/t35-,36-,37-,38-/m0/s1. The molecule has 0 fully saturated rings. The quantitative estimate of drug-likeness (QED) is 0.0927. The number of rotatable bonds is 16. The Bertz CT molecular complexity index is 2020. The highest BCUT2D eigenvalue weighted by molar-refractivity contribution is 5.95. The highest BCUT2D eigenvalue weighted by atomic mass is 19.1. The number of aliphatic carboxylic acids is 1. The Morgan fingerprint density at radius 3 is 2.14 bits per heavy atom. The van der Waals surface area contributed by atoms with E-state index in [1.54, 1.807) is 36.4 Å². The lowest BCUT2D eigenvalue weighted by molar-refractivity contribution is -0.144. The molecule has 13 heteroatoms. The van der Waals surface area contributed by atoms with E-state index in [1.165, 1.54) is 29.2 Å². The predicted octanol–water partition coefficient (Wildman–Crippen LogP) is 3.87. The van der Waals surface area contributed by atoms with Crippen LogP contribution in [-0.4, -0.2) is 75.4 Å². The fourth-order valence-electron chi connectivity index (χ4n) is 7.04. The zero-order valence-electron chi connectivity index (χ0n) is 31.5. The number of fused-ring (bicyclic) bond motifs is 1. The first-order valence-electron chi connectivity index (χ1n) is 18.6. The Kier molecular flexibility index (Phi) is 13.9. The second-order valence-corrected chi connectivity index (χ2v) is 14.2. The van der Waals surface area contributed by atoms with Crippen molar-refractivity contribution in [3.63, 3.8) is 0 Å². The minimum Gasteiger partial charge on any atom is -0.508 e. The van der Waals surface area contributed by atoms with Crippen LogP contribution in [0, 0.1) is 19.7 Å². The van der Waals surface area contributed by atoms with Crippen LogP contribution in [0.1, 0.15) is 63.0 Å². The number of hydrogen-bond acceptors (Lipinski definition) is 7. The summed E-state index contributed by atoms with van der Waals surface area (Å²) in [5.74, 6) is -3.73. The molecule has 0 radical (unpaired) electrons. The van der Waals surface area contributed by atoms with Gasteiger partial charge in [-0.1, -0.05) is 54.6 Å². The Balaban J connectivity index is 1.29. The number of nitrogens with zero attached hydrogens (tertiary/aromatic N) is 1. The summed E-state index contributed by atoms with van der Waals surface area (Å²) in [5, 5.41) is 28.2. The third-order valence-electron chi connectivity index (χ3n) is 10.1. The molecular weight excluding hydrogens is 717 g/mol. The Hall–Kier alpha value is -6.08. The minimum atomic E-state index is -1.28. The topological polar surface area (TPSA) is 191 Å². The number of amides is 4. The number of unbranched alkanes of at least 4 members (excludes halogenated alkanes) is 1. The van der Waals surface area contributed by atoms with Crippen LogP contribution in [0.2, 0.25) is 0 Å². The van der Waals surface area contributed by atoms with Gasteiger partial charge in [0.2, 0.25) is 17.7 Å². The van der Waals surface area contributed by atoms with E-state index in [2.05, 4.69) is 16.0 Å². The first-order chi connectivity index (χ1) is 26.8. The van der Waals surface area contributed by atoms with Crippen molar-refractivity contribution in [2.75, 3.05) is 6.54 Å². The lowest BCUT2D eigenvalue weighted by Crippen LogP contribution is -2.60. The zero-order chi connectivity index (χ0) is 40.4. The summed E-state index contributed by atoms with van der Waals surface area (Å²) in [4.78, 5) is 68.3. The molecule has 0 unspecified atom stereocenters. The maximum atomic E-state index is 14.3. The number of aryl methyl sites for hydroxylation is 2. The van der Waals surface area contributed by atoms with Crippen LogP contribution in [-0.2, 0) is 45.0 Å². The average molecular weight is 766 g/mol. The SMILES string of the molecule is Cc1cc(O)cc(C)c1C[C@H](N)C(=O)N1Cc2ccccc2C[C@H]1C(=O)N[C@@H](Cc1ccccc1)C(=O)N[C@@H](CCCCNC(=O)c1ccc(F)cc1)C(=O)O. The molecule has 1 aliphatic rings. The third-order valence-corrected chi connectivity index (χ3v) is 10.1. The maximum absolute atomic E-state index is 14.3. The van der Waals surface area contributed by atoms with E-state index >= 15 is 0 Å². The highest BCUT2D eigenvalue weighted by Crippen LogP contribution is 2.26. The number of carboxylic acids is 1. The van der Waals surface area contributed by atoms with E-state index in [0.717, 1.165) is 33.4 Å². The van der Waals surface area contributed by atoms with Gasteiger partial charge in [0.15, 0.2) is 0 Å². The molecule has 12 nitrogen and oxygen atoms in total. The third kappa shape index (κ3) is 10.8. The highest BCUT2D eigenvalue weighted by Gasteiger charge is 2.38. The molecule has 0 spiro atoms. The number of carbonyl (C=O) groups excluding carboxylic acids is 4. The maximum Gasteiger partial charge on any atom is 0.326 e. The average Bonchev–Trinajstić information content (AvgIpc) is 3.17. The van der Waals surface area contributed by atoms with Gasteiger partial charge in [0.1, 0.15) is 29.7 Å². The van der Waals surface area contributed by atoms with Gasteiger partial charge in [0, 0.05) is 31.5 Å². The number of phenols is 1. The molecule has 56 heavy (non-hydrogen) atoms. The zero-order valence-corrected chi connectivity index (χ0v) is 31.5. The lowest BCUT2D eigenvalue weighted by Gasteiger charge is -2.38. The minimum absolute atomic E-state index is 0.0519. The van der Waals surface area contributed by atoms with E-state index in [1.807, 2.05) is 44.2 Å². The molecule has 0 aromatic heterocycles. The van der Waals surface area contributed by atoms with Crippen LogP contribution >= 0.6 is 0 Å². The van der Waals surface area contributed by atoms with E-state index in [-0.39, 0.29) is 50.4 Å². The van der Waals surface area contributed by atoms with Crippen molar-refractivity contribution < 1.29 is 38.6 Å². The van der Waals surface area contributed by atoms with Gasteiger partial charge >= 0.3 is 5.97 Å². The smallest absolute Gasteiger partial charge is 0.326 e. The number of carboxylic acid groups (broad SMARTS) is 1. The number of nitrogens with one attached hydrogen (secondary N) is 3. The Morgan fingerprint density at radius 1 is 0.839 bits per heavy atom. The molecule has 0 aliphatic carbocycles. The van der Waals surface area contributed by atoms with E-state index in [9.17, 15) is 38.6 Å². The van der Waals surface area contributed by atoms with Crippen LogP contribution in [0.15, 0.2) is 91.0 Å². The van der Waals surface area contributed by atoms with Gasteiger partial charge in [-0.2, -0.15) is 0 Å². The summed E-state index contributed by atoms with van der Waals surface area (Å²) in [7, 11) is 0. The molecule has 4 atom stereocenters. The second kappa shape index (κ2) is 19.0. The number of nitrogens with two attached hydrogens (primary N) is 1. The molecule has 0 saturated heterocycles. The summed E-state index contributed by atoms with van der Waals surface area (Å²) >= 11 is 0. The first-order valence-corrected chi connectivity index (χ1v) is 18.6. The van der Waals surface area contributed by atoms with Crippen molar-refractivity contribution in [1.82, 2.24) is 20.9 Å². The normalized spacial score (nSPS) is 15.1. The molecule has 294 valence electrons. The Morgan fingerprint density at radius 2 is 1.48 bits per heavy atom. The van der Waals surface area contributed by atoms with Crippen LogP contribution in [0.25, 0.3) is 0 Å². The van der Waals surface area contributed by atoms with Crippen LogP contribution in [0.5, 0.6) is 5.75 Å². The molecule has 1 heterocycles. The van der Waals surface area contributed by atoms with E-state index in [4.69, 9.17) is 5.73 Å². The fourth-order valence-corrected chi connectivity index (χ4v) is 7.04. The number of carbonyl (C=O) groups is 5. The van der Waals surface area contributed by atoms with Gasteiger partial charge in [0.25, 0.3) is 5.91 Å². The molecule has 0 bridgehead atoms. The van der Waals surface area contributed by atoms with Crippen molar-refractivity contribution in [1.29, 1.82) is 0 Å². The molecule has 5 rings (SSSR count). The summed E-state index contributed by atoms with van der Waals surface area (Å²) in [6.45, 7) is 4.02. The summed E-state index contributed by atoms with van der Waals surface area (Å²) in [6, 6.07) is 20.3. The molecule has 4 aromatic rings. The van der Waals surface area contributed by atoms with Crippen molar-refractivity contribution in [3.05, 3.63) is 136 Å². The Labute approximate surface area is 325 Å². The van der Waals surface area contributed by atoms with Crippen molar-refractivity contribution >= 4 is 29.6 Å². The van der Waals surface area contributed by atoms with Gasteiger partial charge in [-0.05, 0) is 109 Å². The van der Waals surface area contributed by atoms with Gasteiger partial charge in [0.05, 0.1) is 6.04 Å². The van der Waals surface area contributed by atoms with Gasteiger partial charge in [-0.15, -0.1) is 0 Å². The van der Waals surface area contributed by atoms with Crippen molar-refractivity contribution in [2.45, 2.75) is 83.1 Å². The second-order valence-electron chi connectivity index (χ2n) is 14.2. The number of halogens is 1. The predicted molar refractivity (Wildman–Crippen MR) is 208 cm³/mol. The number of phenolic OH excluding ortho intramolecular Hbond substituents is 1. The summed E-state index contributed by atoms with van der Waals surface area (Å²) in [5.41, 5.74) is 11.7. The molecular formula is C43H48FN5O7. The monoisotopic (exact) mass is 765 g/mol. The number of hydrogen-bond donors (Lipinski definition) is 6. The molecule has 0 saturated carbocycles. The number of aromatic hydroxyl groups is 1. The van der Waals surface area contributed by atoms with Crippen LogP contribution in [0.4, 0.5) is 4.39 Å². The summed E-state index contributed by atoms with van der Waals surface area (Å²) in [6.07, 6.45) is 1.22. The molecule has 1 aliphatic heterocycles. The van der Waals surface area contributed by atoms with Gasteiger partial charge in [-0.3, -0.25) is 19.2 Å². The van der Waals surface area contributed by atoms with E-state index < -0.39 is 53.7 Å². The van der Waals surface area contributed by atoms with Crippen molar-refractivity contribution in [2.24, 2.45) is 5.73 Å². The molecule has 4 amide bonds. The molecule has 4 aromatic carbocycles. The van der Waals surface area contributed by atoms with Crippen LogP contribution < -0.4 is 21.7 Å². The van der Waals surface area contributed by atoms with Gasteiger partial charge in [-0.25, -0.2) is 9.18 Å². The fraction of sp³-hybridized carbons (Fsp3) is 0.326. The summed E-state index contributed by atoms with van der Waals surface area (Å²) < 4.78 is 13.2. The van der Waals surface area contributed by atoms with Crippen LogP contribution in [0.3, 0.4) is 0 Å². The molecule has 7 N–H and O–H groups in total. The lowest BCUT2D eigenvalue weighted by atomic mass is 9.91. The van der Waals surface area contributed by atoms with E-state index in [0.29, 0.717) is 18.4 Å². The largest absolute Gasteiger partial charge is 0.508 e. The van der Waals surface area contributed by atoms with Crippen molar-refractivity contribution in [3.8, 4) is 5.75 Å². The van der Waals surface area contributed by atoms with Gasteiger partial charge < -0.3 is 36.8 Å².